The summed E-state index contributed by atoms with van der Waals surface area (Å²) in [5.41, 5.74) is 10.5. The number of aromatic nitrogens is 4. The molecule has 4 heterocycles. The van der Waals surface area contributed by atoms with E-state index in [1.54, 1.807) is 6.20 Å². The van der Waals surface area contributed by atoms with Crippen molar-refractivity contribution >= 4 is 28.4 Å². The zero-order valence-electron chi connectivity index (χ0n) is 22.5. The summed E-state index contributed by atoms with van der Waals surface area (Å²) < 4.78 is 20.7. The van der Waals surface area contributed by atoms with E-state index in [4.69, 9.17) is 20.6 Å². The number of rotatable bonds is 7. The van der Waals surface area contributed by atoms with E-state index in [2.05, 4.69) is 20.5 Å². The topological polar surface area (TPSA) is 123 Å². The van der Waals surface area contributed by atoms with Crippen molar-refractivity contribution in [1.82, 2.24) is 30.4 Å². The highest BCUT2D eigenvalue weighted by Gasteiger charge is 2.18. The lowest BCUT2D eigenvalue weighted by molar-refractivity contribution is 0.0947. The van der Waals surface area contributed by atoms with Gasteiger partial charge in [0, 0.05) is 44.5 Å². The van der Waals surface area contributed by atoms with Crippen molar-refractivity contribution in [2.75, 3.05) is 43.9 Å². The van der Waals surface area contributed by atoms with Crippen LogP contribution in [0, 0.1) is 5.82 Å². The Morgan fingerprint density at radius 2 is 1.88 bits per heavy atom. The number of benzene rings is 2. The van der Waals surface area contributed by atoms with Crippen LogP contribution in [-0.4, -0.2) is 58.9 Å². The van der Waals surface area contributed by atoms with E-state index in [0.29, 0.717) is 17.3 Å². The molecule has 1 saturated heterocycles. The largest absolute Gasteiger partial charge is 0.496 e. The first-order valence-electron chi connectivity index (χ1n) is 13.3. The highest BCUT2D eigenvalue weighted by atomic mass is 19.1. The van der Waals surface area contributed by atoms with Gasteiger partial charge in [-0.15, -0.1) is 0 Å². The molecule has 4 N–H and O–H groups in total. The van der Waals surface area contributed by atoms with Crippen molar-refractivity contribution < 1.29 is 13.9 Å². The summed E-state index contributed by atoms with van der Waals surface area (Å²) in [5, 5.41) is 11.8. The van der Waals surface area contributed by atoms with Crippen LogP contribution < -0.4 is 26.0 Å². The molecule has 1 aliphatic rings. The standard InChI is InChI=1S/C30H29FN8O2/c1-41-25-8-6-21(31)16-23(25)30(40)36-17-19-2-4-20(5-3-19)28-27-24(10-11-34-29(27)32)39(37-28)22-7-9-26(35-18-22)38-14-12-33-13-15-38/h2-11,16,18,33H,12-15,17H2,1H3,(H2,32,34)(H,36,40). The molecule has 0 saturated carbocycles. The molecule has 1 aliphatic heterocycles. The van der Waals surface area contributed by atoms with Gasteiger partial charge in [0.05, 0.1) is 35.5 Å². The van der Waals surface area contributed by atoms with Gasteiger partial charge in [-0.3, -0.25) is 4.79 Å². The number of methoxy groups -OCH3 is 1. The second-order valence-corrected chi connectivity index (χ2v) is 9.69. The van der Waals surface area contributed by atoms with Crippen LogP contribution in [0.25, 0.3) is 27.8 Å². The minimum atomic E-state index is -0.507. The molecule has 0 bridgehead atoms. The third-order valence-electron chi connectivity index (χ3n) is 7.13. The van der Waals surface area contributed by atoms with Gasteiger partial charge in [-0.05, 0) is 42.0 Å². The summed E-state index contributed by atoms with van der Waals surface area (Å²) in [6.07, 6.45) is 3.49. The summed E-state index contributed by atoms with van der Waals surface area (Å²) in [6, 6.07) is 17.4. The van der Waals surface area contributed by atoms with Crippen LogP contribution in [0.1, 0.15) is 15.9 Å². The molecule has 1 fully saturated rings. The van der Waals surface area contributed by atoms with Gasteiger partial charge in [-0.1, -0.05) is 24.3 Å². The van der Waals surface area contributed by atoms with Crippen LogP contribution in [-0.2, 0) is 6.54 Å². The van der Waals surface area contributed by atoms with Crippen molar-refractivity contribution in [2.24, 2.45) is 0 Å². The Morgan fingerprint density at radius 1 is 1.07 bits per heavy atom. The summed E-state index contributed by atoms with van der Waals surface area (Å²) >= 11 is 0. The monoisotopic (exact) mass is 552 g/mol. The third kappa shape index (κ3) is 5.27. The molecule has 6 rings (SSSR count). The maximum atomic E-state index is 13.7. The molecule has 0 spiro atoms. The fraction of sp³-hybridized carbons (Fsp3) is 0.200. The van der Waals surface area contributed by atoms with E-state index in [1.807, 2.05) is 53.3 Å². The number of piperazine rings is 1. The number of halogens is 1. The van der Waals surface area contributed by atoms with Gasteiger partial charge >= 0.3 is 0 Å². The van der Waals surface area contributed by atoms with Crippen LogP contribution in [0.15, 0.2) is 73.1 Å². The average Bonchev–Trinajstić information content (AvgIpc) is 3.41. The van der Waals surface area contributed by atoms with Crippen LogP contribution in [0.2, 0.25) is 0 Å². The van der Waals surface area contributed by atoms with Crippen molar-refractivity contribution in [1.29, 1.82) is 0 Å². The number of ether oxygens (including phenoxy) is 1. The van der Waals surface area contributed by atoms with Gasteiger partial charge < -0.3 is 26.0 Å². The lowest BCUT2D eigenvalue weighted by atomic mass is 10.1. The molecule has 0 atom stereocenters. The van der Waals surface area contributed by atoms with E-state index in [0.717, 1.165) is 65.8 Å². The summed E-state index contributed by atoms with van der Waals surface area (Å²) in [7, 11) is 1.44. The Morgan fingerprint density at radius 3 is 2.61 bits per heavy atom. The lowest BCUT2D eigenvalue weighted by Crippen LogP contribution is -2.43. The number of carbonyl (C=O) groups excluding carboxylic acids is 1. The Kier molecular flexibility index (Phi) is 7.17. The molecule has 41 heavy (non-hydrogen) atoms. The van der Waals surface area contributed by atoms with Crippen LogP contribution in [0.3, 0.4) is 0 Å². The molecular formula is C30H29FN8O2. The number of amides is 1. The first-order valence-corrected chi connectivity index (χ1v) is 13.3. The fourth-order valence-corrected chi connectivity index (χ4v) is 4.99. The maximum Gasteiger partial charge on any atom is 0.255 e. The molecule has 5 aromatic rings. The average molecular weight is 553 g/mol. The van der Waals surface area contributed by atoms with Gasteiger partial charge in [0.25, 0.3) is 5.91 Å². The van der Waals surface area contributed by atoms with E-state index in [-0.39, 0.29) is 12.1 Å². The Balaban J connectivity index is 1.25. The first kappa shape index (κ1) is 26.2. The first-order chi connectivity index (χ1) is 20.0. The number of anilines is 2. The summed E-state index contributed by atoms with van der Waals surface area (Å²) in [6.45, 7) is 3.97. The van der Waals surface area contributed by atoms with Crippen LogP contribution in [0.4, 0.5) is 16.0 Å². The minimum absolute atomic E-state index is 0.138. The zero-order valence-corrected chi connectivity index (χ0v) is 22.5. The van der Waals surface area contributed by atoms with Crippen molar-refractivity contribution in [3.05, 3.63) is 90.0 Å². The lowest BCUT2D eigenvalue weighted by Gasteiger charge is -2.28. The van der Waals surface area contributed by atoms with Gasteiger partial charge in [-0.25, -0.2) is 19.0 Å². The fourth-order valence-electron chi connectivity index (χ4n) is 4.99. The molecule has 10 nitrogen and oxygen atoms in total. The number of fused-ring (bicyclic) bond motifs is 1. The summed E-state index contributed by atoms with van der Waals surface area (Å²) in [4.78, 5) is 23.9. The number of hydrogen-bond acceptors (Lipinski definition) is 8. The van der Waals surface area contributed by atoms with E-state index >= 15 is 0 Å². The van der Waals surface area contributed by atoms with E-state index in [9.17, 15) is 9.18 Å². The number of nitrogens with two attached hydrogens (primary N) is 1. The van der Waals surface area contributed by atoms with Crippen molar-refractivity contribution in [2.45, 2.75) is 6.54 Å². The van der Waals surface area contributed by atoms with Crippen LogP contribution >= 0.6 is 0 Å². The second-order valence-electron chi connectivity index (χ2n) is 9.69. The van der Waals surface area contributed by atoms with Crippen molar-refractivity contribution in [3.63, 3.8) is 0 Å². The molecule has 2 aromatic carbocycles. The predicted octanol–water partition coefficient (Wildman–Crippen LogP) is 3.55. The highest BCUT2D eigenvalue weighted by molar-refractivity contribution is 6.01. The normalized spacial score (nSPS) is 13.4. The predicted molar refractivity (Wildman–Crippen MR) is 156 cm³/mol. The number of nitrogen functional groups attached to an aromatic ring is 1. The molecule has 1 amide bonds. The van der Waals surface area contributed by atoms with Gasteiger partial charge in [0.2, 0.25) is 0 Å². The third-order valence-corrected chi connectivity index (χ3v) is 7.13. The van der Waals surface area contributed by atoms with Gasteiger partial charge in [0.1, 0.15) is 28.9 Å². The Bertz CT molecular complexity index is 1700. The Hall–Kier alpha value is -5.03. The van der Waals surface area contributed by atoms with E-state index in [1.165, 1.54) is 19.2 Å². The minimum Gasteiger partial charge on any atom is -0.496 e. The van der Waals surface area contributed by atoms with E-state index < -0.39 is 11.7 Å². The number of carbonyl (C=O) groups is 1. The number of hydrogen-bond donors (Lipinski definition) is 3. The second kappa shape index (κ2) is 11.2. The molecule has 3 aromatic heterocycles. The highest BCUT2D eigenvalue weighted by Crippen LogP contribution is 2.33. The maximum absolute atomic E-state index is 13.7. The molecular weight excluding hydrogens is 523 g/mol. The molecule has 0 unspecified atom stereocenters. The number of pyridine rings is 2. The number of nitrogens with one attached hydrogen (secondary N) is 2. The zero-order chi connectivity index (χ0) is 28.3. The smallest absolute Gasteiger partial charge is 0.255 e. The molecule has 0 radical (unpaired) electrons. The van der Waals surface area contributed by atoms with Gasteiger partial charge in [0.15, 0.2) is 0 Å². The van der Waals surface area contributed by atoms with Gasteiger partial charge in [-0.2, -0.15) is 5.10 Å². The van der Waals surface area contributed by atoms with Crippen molar-refractivity contribution in [3.8, 4) is 22.7 Å². The quantitative estimate of drug-likeness (QED) is 0.280. The molecule has 11 heteroatoms. The Labute approximate surface area is 236 Å². The molecule has 0 aliphatic carbocycles. The SMILES string of the molecule is COc1ccc(F)cc1C(=O)NCc1ccc(-c2nn(-c3ccc(N4CCNCC4)nc3)c3ccnc(N)c23)cc1. The molecule has 208 valence electrons. The number of nitrogens with zero attached hydrogens (tertiary/aromatic N) is 5. The summed E-state index contributed by atoms with van der Waals surface area (Å²) in [5.74, 6) is 0.695. The van der Waals surface area contributed by atoms with Crippen LogP contribution in [0.5, 0.6) is 5.75 Å².